The van der Waals surface area contributed by atoms with Crippen molar-refractivity contribution in [2.45, 2.75) is 11.7 Å². The van der Waals surface area contributed by atoms with Crippen LogP contribution in [-0.2, 0) is 6.54 Å². The molecule has 0 saturated carbocycles. The Balaban J connectivity index is 2.12. The monoisotopic (exact) mass is 216 g/mol. The predicted octanol–water partition coefficient (Wildman–Crippen LogP) is 1.96. The van der Waals surface area contributed by atoms with Crippen LogP contribution < -0.4 is 0 Å². The summed E-state index contributed by atoms with van der Waals surface area (Å²) in [5, 5.41) is 9.21. The second-order valence-corrected chi connectivity index (χ2v) is 4.42. The zero-order valence-electron chi connectivity index (χ0n) is 7.92. The lowest BCUT2D eigenvalue weighted by atomic mass is 10.2. The van der Waals surface area contributed by atoms with E-state index in [0.29, 0.717) is 0 Å². The van der Waals surface area contributed by atoms with Crippen LogP contribution >= 0.6 is 11.8 Å². The molecule has 0 N–H and O–H groups in total. The summed E-state index contributed by atoms with van der Waals surface area (Å²) in [5.74, 6) is 0.888. The number of aromatic nitrogens is 4. The van der Waals surface area contributed by atoms with E-state index in [1.807, 2.05) is 12.1 Å². The van der Waals surface area contributed by atoms with Crippen LogP contribution in [-0.4, -0.2) is 19.7 Å². The number of rotatable bonds is 1. The zero-order valence-corrected chi connectivity index (χ0v) is 8.74. The quantitative estimate of drug-likeness (QED) is 0.731. The molecule has 1 aliphatic rings. The van der Waals surface area contributed by atoms with Crippen molar-refractivity contribution in [1.82, 2.24) is 19.7 Å². The van der Waals surface area contributed by atoms with Gasteiger partial charge in [0.05, 0.1) is 6.54 Å². The minimum Gasteiger partial charge on any atom is -0.297 e. The fourth-order valence-electron chi connectivity index (χ4n) is 1.56. The third-order valence-corrected chi connectivity index (χ3v) is 3.13. The van der Waals surface area contributed by atoms with Crippen molar-refractivity contribution in [1.29, 1.82) is 0 Å². The SMILES string of the molecule is C=C1Cn2c(nnc2-c2ccncc2)S1. The Bertz CT molecular complexity index is 517. The van der Waals surface area contributed by atoms with Gasteiger partial charge in [-0.1, -0.05) is 18.3 Å². The minimum absolute atomic E-state index is 0.796. The lowest BCUT2D eigenvalue weighted by Gasteiger charge is -2.00. The summed E-state index contributed by atoms with van der Waals surface area (Å²) < 4.78 is 2.07. The predicted molar refractivity (Wildman–Crippen MR) is 58.3 cm³/mol. The first-order valence-electron chi connectivity index (χ1n) is 4.54. The van der Waals surface area contributed by atoms with E-state index >= 15 is 0 Å². The minimum atomic E-state index is 0.796. The summed E-state index contributed by atoms with van der Waals surface area (Å²) in [6.07, 6.45) is 3.52. The third kappa shape index (κ3) is 1.35. The first-order valence-corrected chi connectivity index (χ1v) is 5.35. The van der Waals surface area contributed by atoms with Crippen molar-refractivity contribution in [3.63, 3.8) is 0 Å². The van der Waals surface area contributed by atoms with E-state index in [1.165, 1.54) is 0 Å². The van der Waals surface area contributed by atoms with Crippen LogP contribution in [0.4, 0.5) is 0 Å². The summed E-state index contributed by atoms with van der Waals surface area (Å²) in [6.45, 7) is 4.73. The Kier molecular flexibility index (Phi) is 1.85. The molecule has 74 valence electrons. The van der Waals surface area contributed by atoms with Crippen molar-refractivity contribution >= 4 is 11.8 Å². The summed E-state index contributed by atoms with van der Waals surface area (Å²) >= 11 is 1.59. The van der Waals surface area contributed by atoms with Gasteiger partial charge >= 0.3 is 0 Å². The van der Waals surface area contributed by atoms with Gasteiger partial charge in [-0.3, -0.25) is 9.55 Å². The lowest BCUT2D eigenvalue weighted by Crippen LogP contribution is -1.96. The second-order valence-electron chi connectivity index (χ2n) is 3.27. The molecule has 2 aromatic heterocycles. The van der Waals surface area contributed by atoms with E-state index in [4.69, 9.17) is 0 Å². The third-order valence-electron chi connectivity index (χ3n) is 2.23. The van der Waals surface area contributed by atoms with Crippen molar-refractivity contribution in [3.05, 3.63) is 36.0 Å². The molecule has 0 bridgehead atoms. The molecule has 3 heterocycles. The normalized spacial score (nSPS) is 14.3. The van der Waals surface area contributed by atoms with E-state index in [1.54, 1.807) is 24.2 Å². The Morgan fingerprint density at radius 3 is 2.87 bits per heavy atom. The number of pyridine rings is 1. The number of nitrogens with zero attached hydrogens (tertiary/aromatic N) is 4. The molecule has 0 spiro atoms. The molecule has 15 heavy (non-hydrogen) atoms. The number of allylic oxidation sites excluding steroid dienone is 1. The average Bonchev–Trinajstić information content (AvgIpc) is 2.77. The van der Waals surface area contributed by atoms with Crippen LogP contribution in [0.5, 0.6) is 0 Å². The molecular formula is C10H8N4S. The van der Waals surface area contributed by atoms with Gasteiger partial charge in [-0.05, 0) is 12.1 Å². The Morgan fingerprint density at radius 1 is 1.27 bits per heavy atom. The summed E-state index contributed by atoms with van der Waals surface area (Å²) in [4.78, 5) is 5.09. The van der Waals surface area contributed by atoms with Crippen molar-refractivity contribution < 1.29 is 0 Å². The van der Waals surface area contributed by atoms with Crippen LogP contribution in [0, 0.1) is 0 Å². The van der Waals surface area contributed by atoms with Gasteiger partial charge in [0.25, 0.3) is 0 Å². The fourth-order valence-corrected chi connectivity index (χ4v) is 2.35. The van der Waals surface area contributed by atoms with Crippen molar-refractivity contribution in [3.8, 4) is 11.4 Å². The number of fused-ring (bicyclic) bond motifs is 1. The second kappa shape index (κ2) is 3.20. The molecule has 0 saturated heterocycles. The fraction of sp³-hybridized carbons (Fsp3) is 0.100. The van der Waals surface area contributed by atoms with Gasteiger partial charge in [0.1, 0.15) is 0 Å². The standard InChI is InChI=1S/C10H8N4S/c1-7-6-14-9(12-13-10(14)15-7)8-2-4-11-5-3-8/h2-5H,1,6H2. The maximum Gasteiger partial charge on any atom is 0.196 e. The van der Waals surface area contributed by atoms with Crippen molar-refractivity contribution in [2.75, 3.05) is 0 Å². The molecule has 0 aromatic carbocycles. The Morgan fingerprint density at radius 2 is 2.07 bits per heavy atom. The van der Waals surface area contributed by atoms with E-state index in [9.17, 15) is 0 Å². The number of hydrogen-bond donors (Lipinski definition) is 0. The van der Waals surface area contributed by atoms with Gasteiger partial charge in [-0.15, -0.1) is 10.2 Å². The molecule has 0 atom stereocenters. The summed E-state index contributed by atoms with van der Waals surface area (Å²) in [7, 11) is 0. The molecule has 2 aromatic rings. The molecule has 0 amide bonds. The van der Waals surface area contributed by atoms with Gasteiger partial charge < -0.3 is 0 Å². The highest BCUT2D eigenvalue weighted by Crippen LogP contribution is 2.35. The van der Waals surface area contributed by atoms with E-state index in [0.717, 1.165) is 28.0 Å². The molecule has 0 unspecified atom stereocenters. The van der Waals surface area contributed by atoms with E-state index in [-0.39, 0.29) is 0 Å². The molecule has 0 fully saturated rings. The average molecular weight is 216 g/mol. The molecule has 0 aliphatic carbocycles. The van der Waals surface area contributed by atoms with Crippen LogP contribution in [0.2, 0.25) is 0 Å². The Hall–Kier alpha value is -1.62. The van der Waals surface area contributed by atoms with Crippen LogP contribution in [0.25, 0.3) is 11.4 Å². The first kappa shape index (κ1) is 8.67. The van der Waals surface area contributed by atoms with E-state index < -0.39 is 0 Å². The van der Waals surface area contributed by atoms with Crippen molar-refractivity contribution in [2.24, 2.45) is 0 Å². The lowest BCUT2D eigenvalue weighted by molar-refractivity contribution is 0.751. The first-order chi connectivity index (χ1) is 7.34. The molecular weight excluding hydrogens is 208 g/mol. The van der Waals surface area contributed by atoms with Crippen LogP contribution in [0.1, 0.15) is 0 Å². The molecule has 1 aliphatic heterocycles. The number of thioether (sulfide) groups is 1. The smallest absolute Gasteiger partial charge is 0.196 e. The highest BCUT2D eigenvalue weighted by Gasteiger charge is 2.21. The van der Waals surface area contributed by atoms with Gasteiger partial charge in [0.15, 0.2) is 11.0 Å². The highest BCUT2D eigenvalue weighted by molar-refractivity contribution is 8.03. The van der Waals surface area contributed by atoms with Crippen LogP contribution in [0.3, 0.4) is 0 Å². The molecule has 4 nitrogen and oxygen atoms in total. The van der Waals surface area contributed by atoms with Gasteiger partial charge in [-0.2, -0.15) is 0 Å². The van der Waals surface area contributed by atoms with Gasteiger partial charge in [-0.25, -0.2) is 0 Å². The molecule has 0 radical (unpaired) electrons. The van der Waals surface area contributed by atoms with Crippen LogP contribution in [0.15, 0.2) is 41.2 Å². The molecule has 3 rings (SSSR count). The highest BCUT2D eigenvalue weighted by atomic mass is 32.2. The van der Waals surface area contributed by atoms with Gasteiger partial charge in [0, 0.05) is 22.9 Å². The maximum atomic E-state index is 4.17. The Labute approximate surface area is 91.1 Å². The zero-order chi connectivity index (χ0) is 10.3. The summed E-state index contributed by atoms with van der Waals surface area (Å²) in [5.41, 5.74) is 1.04. The number of hydrogen-bond acceptors (Lipinski definition) is 4. The largest absolute Gasteiger partial charge is 0.297 e. The maximum absolute atomic E-state index is 4.17. The summed E-state index contributed by atoms with van der Waals surface area (Å²) in [6, 6.07) is 3.87. The topological polar surface area (TPSA) is 43.6 Å². The van der Waals surface area contributed by atoms with Gasteiger partial charge in [0.2, 0.25) is 0 Å². The van der Waals surface area contributed by atoms with E-state index in [2.05, 4.69) is 26.3 Å². The molecule has 5 heteroatoms.